The third-order valence-electron chi connectivity index (χ3n) is 3.72. The summed E-state index contributed by atoms with van der Waals surface area (Å²) in [6, 6.07) is 5.94. The van der Waals surface area contributed by atoms with E-state index in [1.165, 1.54) is 22.5 Å². The van der Waals surface area contributed by atoms with Gasteiger partial charge in [0, 0.05) is 13.1 Å². The van der Waals surface area contributed by atoms with Crippen molar-refractivity contribution < 1.29 is 23.4 Å². The van der Waals surface area contributed by atoms with Crippen molar-refractivity contribution in [2.24, 2.45) is 0 Å². The molecule has 0 aliphatic carbocycles. The molecule has 1 fully saturated rings. The molecule has 0 amide bonds. The zero-order valence-electron chi connectivity index (χ0n) is 11.8. The van der Waals surface area contributed by atoms with Crippen molar-refractivity contribution in [3.63, 3.8) is 0 Å². The lowest BCUT2D eigenvalue weighted by Crippen LogP contribution is -2.45. The lowest BCUT2D eigenvalue weighted by Gasteiger charge is -2.35. The smallest absolute Gasteiger partial charge is 0.335 e. The van der Waals surface area contributed by atoms with Crippen molar-refractivity contribution in [3.05, 3.63) is 35.4 Å². The number of carboxylic acid groups (broad SMARTS) is 1. The molecular weight excluding hydrogens is 294 g/mol. The van der Waals surface area contributed by atoms with Crippen molar-refractivity contribution in [2.75, 3.05) is 13.1 Å². The topological polar surface area (TPSA) is 94.9 Å². The number of carbonyl (C=O) groups is 1. The number of hydrogen-bond acceptors (Lipinski definition) is 4. The van der Waals surface area contributed by atoms with Crippen LogP contribution >= 0.6 is 0 Å². The summed E-state index contributed by atoms with van der Waals surface area (Å²) in [4.78, 5) is 10.9. The molecule has 1 heterocycles. The molecule has 0 unspecified atom stereocenters. The Morgan fingerprint density at radius 1 is 1.33 bits per heavy atom. The fourth-order valence-electron chi connectivity index (χ4n) is 2.34. The normalized spacial score (nSPS) is 19.3. The number of aromatic carboxylic acids is 1. The molecule has 2 rings (SSSR count). The number of benzene rings is 1. The van der Waals surface area contributed by atoms with Gasteiger partial charge in [-0.15, -0.1) is 0 Å². The standard InChI is InChI=1S/C14H19NO5S/c1-14(18)5-7-15(8-6-14)21(19,20)10-11-3-2-4-12(9-11)13(16)17/h2-4,9,18H,5-8,10H2,1H3,(H,16,17). The van der Waals surface area contributed by atoms with Crippen LogP contribution in [0.5, 0.6) is 0 Å². The second kappa shape index (κ2) is 5.75. The Kier molecular flexibility index (Phi) is 4.36. The lowest BCUT2D eigenvalue weighted by molar-refractivity contribution is 0.0125. The van der Waals surface area contributed by atoms with E-state index in [1.807, 2.05) is 0 Å². The SMILES string of the molecule is CC1(O)CCN(S(=O)(=O)Cc2cccc(C(=O)O)c2)CC1. The van der Waals surface area contributed by atoms with Crippen LogP contribution in [0.3, 0.4) is 0 Å². The van der Waals surface area contributed by atoms with Crippen molar-refractivity contribution in [3.8, 4) is 0 Å². The van der Waals surface area contributed by atoms with Gasteiger partial charge in [-0.25, -0.2) is 17.5 Å². The van der Waals surface area contributed by atoms with Gasteiger partial charge in [0.1, 0.15) is 0 Å². The van der Waals surface area contributed by atoms with Gasteiger partial charge in [0.05, 0.1) is 16.9 Å². The van der Waals surface area contributed by atoms with Crippen LogP contribution in [-0.2, 0) is 15.8 Å². The maximum Gasteiger partial charge on any atom is 0.335 e. The monoisotopic (exact) mass is 313 g/mol. The van der Waals surface area contributed by atoms with Crippen LogP contribution in [0.1, 0.15) is 35.7 Å². The summed E-state index contributed by atoms with van der Waals surface area (Å²) in [6.07, 6.45) is 0.808. The summed E-state index contributed by atoms with van der Waals surface area (Å²) in [6.45, 7) is 2.27. The van der Waals surface area contributed by atoms with Gasteiger partial charge < -0.3 is 10.2 Å². The highest BCUT2D eigenvalue weighted by Gasteiger charge is 2.33. The highest BCUT2D eigenvalue weighted by atomic mass is 32.2. The number of hydrogen-bond donors (Lipinski definition) is 2. The van der Waals surface area contributed by atoms with E-state index >= 15 is 0 Å². The summed E-state index contributed by atoms with van der Waals surface area (Å²) in [5.74, 6) is -1.31. The Bertz CT molecular complexity index is 629. The number of sulfonamides is 1. The molecule has 6 nitrogen and oxygen atoms in total. The molecular formula is C14H19NO5S. The molecule has 0 bridgehead atoms. The highest BCUT2D eigenvalue weighted by Crippen LogP contribution is 2.24. The first-order valence-electron chi connectivity index (χ1n) is 6.72. The average molecular weight is 313 g/mol. The molecule has 0 radical (unpaired) electrons. The fraction of sp³-hybridized carbons (Fsp3) is 0.500. The van der Waals surface area contributed by atoms with Gasteiger partial charge in [0.25, 0.3) is 0 Å². The van der Waals surface area contributed by atoms with Gasteiger partial charge >= 0.3 is 5.97 Å². The minimum absolute atomic E-state index is 0.0734. The van der Waals surface area contributed by atoms with E-state index < -0.39 is 21.6 Å². The first-order valence-corrected chi connectivity index (χ1v) is 8.33. The van der Waals surface area contributed by atoms with Gasteiger partial charge in [-0.3, -0.25) is 0 Å². The third-order valence-corrected chi connectivity index (χ3v) is 5.57. The molecule has 0 aromatic heterocycles. The van der Waals surface area contributed by atoms with E-state index in [4.69, 9.17) is 5.11 Å². The summed E-state index contributed by atoms with van der Waals surface area (Å²) >= 11 is 0. The fourth-order valence-corrected chi connectivity index (χ4v) is 3.86. The Morgan fingerprint density at radius 2 is 1.95 bits per heavy atom. The average Bonchev–Trinajstić information content (AvgIpc) is 2.37. The van der Waals surface area contributed by atoms with Gasteiger partial charge in [-0.2, -0.15) is 0 Å². The molecule has 116 valence electrons. The van der Waals surface area contributed by atoms with E-state index in [1.54, 1.807) is 13.0 Å². The Morgan fingerprint density at radius 3 is 2.52 bits per heavy atom. The van der Waals surface area contributed by atoms with Crippen molar-refractivity contribution >= 4 is 16.0 Å². The number of rotatable bonds is 4. The van der Waals surface area contributed by atoms with Gasteiger partial charge in [0.2, 0.25) is 10.0 Å². The highest BCUT2D eigenvalue weighted by molar-refractivity contribution is 7.88. The van der Waals surface area contributed by atoms with Crippen LogP contribution in [0, 0.1) is 0 Å². The largest absolute Gasteiger partial charge is 0.478 e. The second-order valence-electron chi connectivity index (χ2n) is 5.66. The Balaban J connectivity index is 2.11. The van der Waals surface area contributed by atoms with Crippen LogP contribution < -0.4 is 0 Å². The summed E-state index contributed by atoms with van der Waals surface area (Å²) < 4.78 is 26.0. The zero-order chi connectivity index (χ0) is 15.7. The van der Waals surface area contributed by atoms with E-state index in [9.17, 15) is 18.3 Å². The predicted molar refractivity (Wildman–Crippen MR) is 77.5 cm³/mol. The number of aliphatic hydroxyl groups is 1. The van der Waals surface area contributed by atoms with Crippen LogP contribution in [0.25, 0.3) is 0 Å². The third kappa shape index (κ3) is 4.03. The molecule has 0 saturated carbocycles. The number of piperidine rings is 1. The summed E-state index contributed by atoms with van der Waals surface area (Å²) in [5, 5.41) is 18.8. The molecule has 1 aromatic carbocycles. The van der Waals surface area contributed by atoms with E-state index in [0.717, 1.165) is 0 Å². The molecule has 1 saturated heterocycles. The number of carboxylic acids is 1. The molecule has 0 spiro atoms. The Labute approximate surface area is 124 Å². The minimum Gasteiger partial charge on any atom is -0.478 e. The zero-order valence-corrected chi connectivity index (χ0v) is 12.6. The maximum atomic E-state index is 12.3. The predicted octanol–water partition coefficient (Wildman–Crippen LogP) is 1.06. The molecule has 1 aliphatic rings. The van der Waals surface area contributed by atoms with E-state index in [0.29, 0.717) is 18.4 Å². The van der Waals surface area contributed by atoms with Crippen molar-refractivity contribution in [1.29, 1.82) is 0 Å². The van der Waals surface area contributed by atoms with Gasteiger partial charge in [-0.05, 0) is 37.5 Å². The molecule has 1 aliphatic heterocycles. The first-order chi connectivity index (χ1) is 9.70. The minimum atomic E-state index is -3.50. The molecule has 0 atom stereocenters. The van der Waals surface area contributed by atoms with Gasteiger partial charge in [0.15, 0.2) is 0 Å². The van der Waals surface area contributed by atoms with Crippen molar-refractivity contribution in [1.82, 2.24) is 4.31 Å². The van der Waals surface area contributed by atoms with Crippen molar-refractivity contribution in [2.45, 2.75) is 31.1 Å². The van der Waals surface area contributed by atoms with Crippen LogP contribution in [0.15, 0.2) is 24.3 Å². The molecule has 2 N–H and O–H groups in total. The van der Waals surface area contributed by atoms with Crippen LogP contribution in [0.4, 0.5) is 0 Å². The number of nitrogens with zero attached hydrogens (tertiary/aromatic N) is 1. The first kappa shape index (κ1) is 15.9. The Hall–Kier alpha value is -1.44. The molecule has 1 aromatic rings. The summed E-state index contributed by atoms with van der Waals surface area (Å²) in [7, 11) is -3.50. The summed E-state index contributed by atoms with van der Waals surface area (Å²) in [5.41, 5.74) is -0.286. The maximum absolute atomic E-state index is 12.3. The molecule has 21 heavy (non-hydrogen) atoms. The quantitative estimate of drug-likeness (QED) is 0.866. The molecule has 7 heteroatoms. The van der Waals surface area contributed by atoms with Gasteiger partial charge in [-0.1, -0.05) is 12.1 Å². The second-order valence-corrected chi connectivity index (χ2v) is 7.63. The van der Waals surface area contributed by atoms with Crippen LogP contribution in [-0.4, -0.2) is 47.6 Å². The van der Waals surface area contributed by atoms with Crippen LogP contribution in [0.2, 0.25) is 0 Å². The lowest BCUT2D eigenvalue weighted by atomic mass is 9.95. The van der Waals surface area contributed by atoms with E-state index in [2.05, 4.69) is 0 Å². The van der Waals surface area contributed by atoms with E-state index in [-0.39, 0.29) is 24.4 Å².